The van der Waals surface area contributed by atoms with Gasteiger partial charge in [0.25, 0.3) is 10.0 Å². The summed E-state index contributed by atoms with van der Waals surface area (Å²) in [5.74, 6) is -1.37. The maximum Gasteiger partial charge on any atom is 0.264 e. The van der Waals surface area contributed by atoms with Crippen molar-refractivity contribution in [3.8, 4) is 0 Å². The highest BCUT2D eigenvalue weighted by atomic mass is 32.2. The van der Waals surface area contributed by atoms with Gasteiger partial charge in [-0.25, -0.2) is 12.8 Å². The number of carbonyl (C=O) groups excluding carboxylic acids is 2. The number of halogens is 1. The van der Waals surface area contributed by atoms with Crippen molar-refractivity contribution in [2.45, 2.75) is 37.6 Å². The van der Waals surface area contributed by atoms with Gasteiger partial charge in [0.05, 0.1) is 10.6 Å². The Kier molecular flexibility index (Phi) is 9.79. The Bertz CT molecular complexity index is 1270. The monoisotopic (exact) mass is 525 g/mol. The fraction of sp³-hybridized carbons (Fsp3) is 0.286. The topological polar surface area (TPSA) is 86.8 Å². The molecule has 0 bridgehead atoms. The number of anilines is 1. The first-order valence-electron chi connectivity index (χ1n) is 12.2. The van der Waals surface area contributed by atoms with E-state index in [-0.39, 0.29) is 23.0 Å². The first kappa shape index (κ1) is 27.9. The Hall–Kier alpha value is -3.72. The predicted octanol–water partition coefficient (Wildman–Crippen LogP) is 4.01. The summed E-state index contributed by atoms with van der Waals surface area (Å²) in [5, 5.41) is 2.78. The summed E-state index contributed by atoms with van der Waals surface area (Å²) in [7, 11) is -4.21. The standard InChI is InChI=1S/C28H32FN3O4S/c1-3-26(28(34)30-4-2)31(20-19-22-11-7-5-8-12-22)27(33)21-32(24-13-9-6-10-14-24)37(35,36)25-17-15-23(29)16-18-25/h5-18,26H,3-4,19-21H2,1-2H3,(H,30,34)/t26-/m1/s1. The SMILES string of the molecule is CCNC(=O)[C@@H](CC)N(CCc1ccccc1)C(=O)CN(c1ccccc1)S(=O)(=O)c1ccc(F)cc1. The van der Waals surface area contributed by atoms with E-state index in [1.165, 1.54) is 17.0 Å². The van der Waals surface area contributed by atoms with Gasteiger partial charge in [-0.3, -0.25) is 13.9 Å². The van der Waals surface area contributed by atoms with Gasteiger partial charge < -0.3 is 10.2 Å². The largest absolute Gasteiger partial charge is 0.355 e. The molecule has 0 heterocycles. The molecule has 1 N–H and O–H groups in total. The summed E-state index contributed by atoms with van der Waals surface area (Å²) in [4.78, 5) is 27.9. The Balaban J connectivity index is 1.97. The van der Waals surface area contributed by atoms with Gasteiger partial charge in [-0.1, -0.05) is 55.5 Å². The Morgan fingerprint density at radius 3 is 2.05 bits per heavy atom. The summed E-state index contributed by atoms with van der Waals surface area (Å²) in [6, 6.07) is 21.5. The van der Waals surface area contributed by atoms with Crippen molar-refractivity contribution in [3.05, 3.63) is 96.3 Å². The molecular weight excluding hydrogens is 493 g/mol. The van der Waals surface area contributed by atoms with Crippen LogP contribution in [0.4, 0.5) is 10.1 Å². The maximum atomic E-state index is 13.8. The number of likely N-dealkylation sites (N-methyl/N-ethyl adjacent to an activating group) is 1. The zero-order valence-corrected chi connectivity index (χ0v) is 21.8. The number of amides is 2. The van der Waals surface area contributed by atoms with Gasteiger partial charge >= 0.3 is 0 Å². The molecule has 9 heteroatoms. The van der Waals surface area contributed by atoms with Crippen molar-refractivity contribution in [3.63, 3.8) is 0 Å². The lowest BCUT2D eigenvalue weighted by atomic mass is 10.1. The van der Waals surface area contributed by atoms with E-state index in [1.54, 1.807) is 37.3 Å². The van der Waals surface area contributed by atoms with Crippen LogP contribution in [-0.2, 0) is 26.0 Å². The number of para-hydroxylation sites is 1. The summed E-state index contributed by atoms with van der Waals surface area (Å²) >= 11 is 0. The average Bonchev–Trinajstić information content (AvgIpc) is 2.90. The molecule has 3 rings (SSSR count). The average molecular weight is 526 g/mol. The molecule has 0 aliphatic carbocycles. The van der Waals surface area contributed by atoms with Crippen LogP contribution >= 0.6 is 0 Å². The molecule has 196 valence electrons. The molecule has 0 unspecified atom stereocenters. The van der Waals surface area contributed by atoms with Crippen LogP contribution in [0.15, 0.2) is 89.8 Å². The Labute approximate surface area is 218 Å². The van der Waals surface area contributed by atoms with Crippen LogP contribution in [0.25, 0.3) is 0 Å². The van der Waals surface area contributed by atoms with Crippen molar-refractivity contribution < 1.29 is 22.4 Å². The highest BCUT2D eigenvalue weighted by Crippen LogP contribution is 2.24. The lowest BCUT2D eigenvalue weighted by Crippen LogP contribution is -2.53. The van der Waals surface area contributed by atoms with Crippen molar-refractivity contribution >= 4 is 27.5 Å². The van der Waals surface area contributed by atoms with Gasteiger partial charge in [0.1, 0.15) is 18.4 Å². The minimum absolute atomic E-state index is 0.142. The van der Waals surface area contributed by atoms with Crippen LogP contribution in [0.1, 0.15) is 25.8 Å². The number of carbonyl (C=O) groups is 2. The second-order valence-corrected chi connectivity index (χ2v) is 10.3. The number of nitrogens with one attached hydrogen (secondary N) is 1. The van der Waals surface area contributed by atoms with Crippen LogP contribution in [0.3, 0.4) is 0 Å². The predicted molar refractivity (Wildman–Crippen MR) is 142 cm³/mol. The minimum Gasteiger partial charge on any atom is -0.355 e. The van der Waals surface area contributed by atoms with Crippen LogP contribution in [-0.4, -0.2) is 50.8 Å². The van der Waals surface area contributed by atoms with Crippen LogP contribution in [0.2, 0.25) is 0 Å². The fourth-order valence-corrected chi connectivity index (χ4v) is 5.46. The molecule has 0 aliphatic heterocycles. The molecule has 0 aliphatic rings. The number of sulfonamides is 1. The van der Waals surface area contributed by atoms with E-state index in [0.29, 0.717) is 19.4 Å². The molecule has 37 heavy (non-hydrogen) atoms. The molecule has 0 radical (unpaired) electrons. The normalized spacial score (nSPS) is 12.0. The zero-order valence-electron chi connectivity index (χ0n) is 21.0. The Morgan fingerprint density at radius 1 is 0.892 bits per heavy atom. The van der Waals surface area contributed by atoms with E-state index in [0.717, 1.165) is 22.0 Å². The van der Waals surface area contributed by atoms with Crippen LogP contribution < -0.4 is 9.62 Å². The molecule has 0 fully saturated rings. The smallest absolute Gasteiger partial charge is 0.264 e. The Morgan fingerprint density at radius 2 is 1.49 bits per heavy atom. The molecule has 1 atom stereocenters. The summed E-state index contributed by atoms with van der Waals surface area (Å²) in [5.41, 5.74) is 1.28. The zero-order chi connectivity index (χ0) is 26.8. The van der Waals surface area contributed by atoms with Gasteiger partial charge in [0, 0.05) is 13.1 Å². The van der Waals surface area contributed by atoms with Gasteiger partial charge in [0.2, 0.25) is 11.8 Å². The van der Waals surface area contributed by atoms with Crippen molar-refractivity contribution in [2.24, 2.45) is 0 Å². The summed E-state index contributed by atoms with van der Waals surface area (Å²) < 4.78 is 41.7. The quantitative estimate of drug-likeness (QED) is 0.387. The number of hydrogen-bond donors (Lipinski definition) is 1. The lowest BCUT2D eigenvalue weighted by molar-refractivity contribution is -0.139. The third-order valence-corrected chi connectivity index (χ3v) is 7.73. The van der Waals surface area contributed by atoms with E-state index in [1.807, 2.05) is 37.3 Å². The lowest BCUT2D eigenvalue weighted by Gasteiger charge is -2.33. The number of hydrogen-bond acceptors (Lipinski definition) is 4. The molecule has 7 nitrogen and oxygen atoms in total. The molecule has 0 spiro atoms. The van der Waals surface area contributed by atoms with E-state index in [9.17, 15) is 22.4 Å². The molecule has 3 aromatic carbocycles. The number of nitrogens with zero attached hydrogens (tertiary/aromatic N) is 2. The van der Waals surface area contributed by atoms with Gasteiger partial charge in [-0.2, -0.15) is 0 Å². The van der Waals surface area contributed by atoms with Crippen molar-refractivity contribution in [1.82, 2.24) is 10.2 Å². The number of rotatable bonds is 12. The molecule has 3 aromatic rings. The second kappa shape index (κ2) is 13.0. The van der Waals surface area contributed by atoms with Gasteiger partial charge in [0.15, 0.2) is 0 Å². The van der Waals surface area contributed by atoms with E-state index < -0.39 is 34.3 Å². The minimum atomic E-state index is -4.21. The molecule has 2 amide bonds. The van der Waals surface area contributed by atoms with Gasteiger partial charge in [-0.15, -0.1) is 0 Å². The fourth-order valence-electron chi connectivity index (χ4n) is 4.04. The third kappa shape index (κ3) is 7.16. The molecule has 0 aromatic heterocycles. The second-order valence-electron chi connectivity index (χ2n) is 8.44. The maximum absolute atomic E-state index is 13.8. The molecule has 0 saturated carbocycles. The summed E-state index contributed by atoms with van der Waals surface area (Å²) in [6.45, 7) is 3.73. The molecule has 0 saturated heterocycles. The van der Waals surface area contributed by atoms with Crippen molar-refractivity contribution in [2.75, 3.05) is 23.9 Å². The summed E-state index contributed by atoms with van der Waals surface area (Å²) in [6.07, 6.45) is 0.862. The van der Waals surface area contributed by atoms with E-state index in [2.05, 4.69) is 5.32 Å². The highest BCUT2D eigenvalue weighted by Gasteiger charge is 2.33. The van der Waals surface area contributed by atoms with E-state index >= 15 is 0 Å². The first-order chi connectivity index (χ1) is 17.8. The van der Waals surface area contributed by atoms with Gasteiger partial charge in [-0.05, 0) is 61.7 Å². The third-order valence-electron chi connectivity index (χ3n) is 5.95. The first-order valence-corrected chi connectivity index (χ1v) is 13.7. The highest BCUT2D eigenvalue weighted by molar-refractivity contribution is 7.92. The van der Waals surface area contributed by atoms with E-state index in [4.69, 9.17) is 0 Å². The van der Waals surface area contributed by atoms with Crippen LogP contribution in [0.5, 0.6) is 0 Å². The molecular formula is C28H32FN3O4S. The van der Waals surface area contributed by atoms with Crippen LogP contribution in [0, 0.1) is 5.82 Å². The number of benzene rings is 3. The van der Waals surface area contributed by atoms with Crippen molar-refractivity contribution in [1.29, 1.82) is 0 Å².